The average Bonchev–Trinajstić information content (AvgIpc) is 3.58. The highest BCUT2D eigenvalue weighted by molar-refractivity contribution is 5.90. The number of aromatic nitrogens is 5. The van der Waals surface area contributed by atoms with Gasteiger partial charge in [0.2, 0.25) is 5.95 Å². The van der Waals surface area contributed by atoms with Crippen LogP contribution >= 0.6 is 0 Å². The maximum absolute atomic E-state index is 5.75. The molecule has 182 valence electrons. The second-order valence-electron chi connectivity index (χ2n) is 8.71. The van der Waals surface area contributed by atoms with Gasteiger partial charge in [0.15, 0.2) is 5.82 Å². The molecule has 0 aliphatic carbocycles. The number of pyridine rings is 1. The van der Waals surface area contributed by atoms with Crippen LogP contribution < -0.4 is 15.5 Å². The zero-order valence-electron chi connectivity index (χ0n) is 20.3. The Morgan fingerprint density at radius 3 is 2.74 bits per heavy atom. The number of anilines is 3. The summed E-state index contributed by atoms with van der Waals surface area (Å²) in [5.74, 6) is 2.21. The van der Waals surface area contributed by atoms with E-state index in [-0.39, 0.29) is 0 Å². The van der Waals surface area contributed by atoms with Gasteiger partial charge in [0.05, 0.1) is 19.8 Å². The van der Waals surface area contributed by atoms with Gasteiger partial charge in [-0.1, -0.05) is 13.0 Å². The molecular formula is C24H34N8O2. The molecule has 0 spiro atoms. The van der Waals surface area contributed by atoms with Gasteiger partial charge in [0.1, 0.15) is 22.5 Å². The molecule has 2 atom stereocenters. The van der Waals surface area contributed by atoms with Crippen LogP contribution in [0.4, 0.5) is 17.6 Å². The van der Waals surface area contributed by atoms with Gasteiger partial charge in [-0.15, -0.1) is 0 Å². The van der Waals surface area contributed by atoms with E-state index in [2.05, 4.69) is 22.5 Å². The lowest BCUT2D eigenvalue weighted by Gasteiger charge is -2.27. The van der Waals surface area contributed by atoms with E-state index in [0.29, 0.717) is 50.9 Å². The smallest absolute Gasteiger partial charge is 0.228 e. The largest absolute Gasteiger partial charge is 0.380 e. The summed E-state index contributed by atoms with van der Waals surface area (Å²) >= 11 is 0. The first kappa shape index (κ1) is 22.9. The quantitative estimate of drug-likeness (QED) is 0.413. The number of rotatable bonds is 11. The van der Waals surface area contributed by atoms with E-state index in [1.807, 2.05) is 36.7 Å². The number of fused-ring (bicyclic) bond motifs is 3. The minimum Gasteiger partial charge on any atom is -0.380 e. The van der Waals surface area contributed by atoms with Crippen molar-refractivity contribution in [2.75, 3.05) is 43.1 Å². The summed E-state index contributed by atoms with van der Waals surface area (Å²) in [5, 5.41) is 11.9. The predicted molar refractivity (Wildman–Crippen MR) is 132 cm³/mol. The van der Waals surface area contributed by atoms with Crippen LogP contribution in [0.1, 0.15) is 38.6 Å². The molecule has 0 radical (unpaired) electrons. The van der Waals surface area contributed by atoms with Crippen LogP contribution in [0.2, 0.25) is 0 Å². The third-order valence-electron chi connectivity index (χ3n) is 6.47. The van der Waals surface area contributed by atoms with Gasteiger partial charge >= 0.3 is 0 Å². The Kier molecular flexibility index (Phi) is 6.89. The van der Waals surface area contributed by atoms with Crippen molar-refractivity contribution >= 4 is 28.6 Å². The van der Waals surface area contributed by atoms with E-state index in [0.717, 1.165) is 60.1 Å². The Labute approximate surface area is 200 Å². The van der Waals surface area contributed by atoms with Crippen LogP contribution in [0.5, 0.6) is 0 Å². The predicted octanol–water partition coefficient (Wildman–Crippen LogP) is 2.65. The molecule has 2 N–H and O–H groups in total. The SMILES string of the molecule is CCOCCn1nc(COCC)c2nc(N3C[C@@H]4C[C@H]3CN4)nc(Nc3cccc(CC)n3)c21. The molecule has 0 aromatic carbocycles. The zero-order chi connectivity index (χ0) is 23.5. The summed E-state index contributed by atoms with van der Waals surface area (Å²) in [6.07, 6.45) is 2.00. The van der Waals surface area contributed by atoms with E-state index in [9.17, 15) is 0 Å². The molecule has 0 saturated carbocycles. The lowest BCUT2D eigenvalue weighted by Crippen LogP contribution is -2.44. The van der Waals surface area contributed by atoms with Crippen molar-refractivity contribution in [2.45, 2.75) is 58.8 Å². The summed E-state index contributed by atoms with van der Waals surface area (Å²) in [6.45, 7) is 10.8. The fourth-order valence-corrected chi connectivity index (χ4v) is 4.77. The standard InChI is InChI=1S/C24H34N8O2/c1-4-16-8-7-9-20(26-16)27-23-22-21(19(15-34-6-3)30-32(22)10-11-33-5-2)28-24(29-23)31-14-17-12-18(31)13-25-17/h7-9,17-18,25H,4-6,10-15H2,1-3H3,(H,26,27,28,29)/t17-,18-/m0/s1. The number of nitrogens with one attached hydrogen (secondary N) is 2. The Hall–Kier alpha value is -2.82. The molecule has 3 aromatic heterocycles. The molecule has 2 fully saturated rings. The highest BCUT2D eigenvalue weighted by Gasteiger charge is 2.39. The van der Waals surface area contributed by atoms with Gasteiger partial charge in [-0.25, -0.2) is 9.97 Å². The topological polar surface area (TPSA) is 102 Å². The summed E-state index contributed by atoms with van der Waals surface area (Å²) < 4.78 is 13.3. The maximum atomic E-state index is 5.75. The highest BCUT2D eigenvalue weighted by Crippen LogP contribution is 2.33. The molecule has 5 rings (SSSR count). The molecule has 2 aliphatic heterocycles. The molecule has 5 heterocycles. The van der Waals surface area contributed by atoms with Crippen molar-refractivity contribution < 1.29 is 9.47 Å². The molecule has 3 aromatic rings. The van der Waals surface area contributed by atoms with Crippen LogP contribution in [0, 0.1) is 0 Å². The number of hydrogen-bond donors (Lipinski definition) is 2. The van der Waals surface area contributed by atoms with Gasteiger partial charge in [-0.05, 0) is 38.8 Å². The second-order valence-corrected chi connectivity index (χ2v) is 8.71. The minimum absolute atomic E-state index is 0.404. The van der Waals surface area contributed by atoms with Gasteiger partial charge in [-0.3, -0.25) is 4.68 Å². The highest BCUT2D eigenvalue weighted by atomic mass is 16.5. The third kappa shape index (κ3) is 4.57. The van der Waals surface area contributed by atoms with Gasteiger partial charge in [0.25, 0.3) is 0 Å². The van der Waals surface area contributed by atoms with Crippen LogP contribution in [0.3, 0.4) is 0 Å². The Bertz CT molecular complexity index is 1130. The fraction of sp³-hybridized carbons (Fsp3) is 0.583. The fourth-order valence-electron chi connectivity index (χ4n) is 4.77. The molecule has 10 heteroatoms. The number of piperazine rings is 1. The first-order chi connectivity index (χ1) is 16.7. The van der Waals surface area contributed by atoms with Crippen molar-refractivity contribution in [1.29, 1.82) is 0 Å². The van der Waals surface area contributed by atoms with Gasteiger partial charge < -0.3 is 25.0 Å². The number of aryl methyl sites for hydroxylation is 1. The number of hydrogen-bond acceptors (Lipinski definition) is 9. The molecule has 2 saturated heterocycles. The molecule has 0 amide bonds. The summed E-state index contributed by atoms with van der Waals surface area (Å²) in [4.78, 5) is 17.1. The monoisotopic (exact) mass is 466 g/mol. The maximum Gasteiger partial charge on any atom is 0.228 e. The molecule has 34 heavy (non-hydrogen) atoms. The van der Waals surface area contributed by atoms with Gasteiger partial charge in [0, 0.05) is 44.1 Å². The lowest BCUT2D eigenvalue weighted by molar-refractivity contribution is 0.128. The summed E-state index contributed by atoms with van der Waals surface area (Å²) in [5.41, 5.74) is 3.52. The van der Waals surface area contributed by atoms with Crippen LogP contribution in [-0.2, 0) is 29.0 Å². The Morgan fingerprint density at radius 1 is 1.12 bits per heavy atom. The summed E-state index contributed by atoms with van der Waals surface area (Å²) in [6, 6.07) is 6.94. The minimum atomic E-state index is 0.404. The van der Waals surface area contributed by atoms with Crippen molar-refractivity contribution in [2.24, 2.45) is 0 Å². The van der Waals surface area contributed by atoms with Crippen molar-refractivity contribution in [3.8, 4) is 0 Å². The Balaban J connectivity index is 1.60. The second kappa shape index (κ2) is 10.2. The van der Waals surface area contributed by atoms with E-state index in [1.165, 1.54) is 0 Å². The average molecular weight is 467 g/mol. The normalized spacial score (nSPS) is 19.4. The van der Waals surface area contributed by atoms with Crippen molar-refractivity contribution in [3.63, 3.8) is 0 Å². The van der Waals surface area contributed by atoms with Crippen LogP contribution in [0.25, 0.3) is 11.0 Å². The molecule has 0 unspecified atom stereocenters. The van der Waals surface area contributed by atoms with Crippen molar-refractivity contribution in [3.05, 3.63) is 29.6 Å². The summed E-state index contributed by atoms with van der Waals surface area (Å²) in [7, 11) is 0. The number of nitrogens with zero attached hydrogens (tertiary/aromatic N) is 6. The third-order valence-corrected chi connectivity index (χ3v) is 6.47. The van der Waals surface area contributed by atoms with E-state index in [1.54, 1.807) is 0 Å². The lowest BCUT2D eigenvalue weighted by atomic mass is 10.2. The molecular weight excluding hydrogens is 432 g/mol. The molecule has 2 bridgehead atoms. The van der Waals surface area contributed by atoms with Crippen LogP contribution in [0.15, 0.2) is 18.2 Å². The first-order valence-electron chi connectivity index (χ1n) is 12.4. The van der Waals surface area contributed by atoms with Crippen molar-refractivity contribution in [1.82, 2.24) is 30.0 Å². The molecule has 10 nitrogen and oxygen atoms in total. The first-order valence-corrected chi connectivity index (χ1v) is 12.4. The molecule has 2 aliphatic rings. The van der Waals surface area contributed by atoms with Gasteiger partial charge in [-0.2, -0.15) is 10.1 Å². The van der Waals surface area contributed by atoms with Crippen LogP contribution in [-0.4, -0.2) is 69.7 Å². The zero-order valence-corrected chi connectivity index (χ0v) is 20.3. The van der Waals surface area contributed by atoms with E-state index >= 15 is 0 Å². The van der Waals surface area contributed by atoms with E-state index < -0.39 is 0 Å². The number of ether oxygens (including phenoxy) is 2. The Morgan fingerprint density at radius 2 is 2.00 bits per heavy atom. The van der Waals surface area contributed by atoms with E-state index in [4.69, 9.17) is 29.5 Å².